The van der Waals surface area contributed by atoms with Crippen molar-refractivity contribution in [2.45, 2.75) is 0 Å². The van der Waals surface area contributed by atoms with E-state index >= 15 is 0 Å². The molecule has 1 aromatic heterocycles. The molecule has 0 bridgehead atoms. The molecule has 1 aromatic rings. The van der Waals surface area contributed by atoms with Gasteiger partial charge in [0.2, 0.25) is 0 Å². The monoisotopic (exact) mass is 200 g/mol. The summed E-state index contributed by atoms with van der Waals surface area (Å²) in [4.78, 5) is 11.0. The minimum atomic E-state index is -0.434. The maximum Gasteiger partial charge on any atom is 0.339 e. The molecule has 0 N–H and O–H groups in total. The van der Waals surface area contributed by atoms with Gasteiger partial charge < -0.3 is 4.74 Å². The van der Waals surface area contributed by atoms with Crippen LogP contribution >= 0.6 is 22.9 Å². The van der Waals surface area contributed by atoms with Gasteiger partial charge in [-0.15, -0.1) is 17.8 Å². The largest absolute Gasteiger partial charge is 0.449 e. The van der Waals surface area contributed by atoms with Gasteiger partial charge in [-0.2, -0.15) is 0 Å². The molecule has 4 heteroatoms. The van der Waals surface area contributed by atoms with Crippen molar-refractivity contribution in [1.82, 2.24) is 0 Å². The Kier molecular flexibility index (Phi) is 3.15. The number of halogens is 1. The highest BCUT2D eigenvalue weighted by Gasteiger charge is 2.07. The predicted octanol–water partition coefficient (Wildman–Crippen LogP) is 2.19. The average Bonchev–Trinajstić information content (AvgIpc) is 2.47. The first-order valence-corrected chi connectivity index (χ1v) is 4.34. The molecule has 1 rings (SSSR count). The van der Waals surface area contributed by atoms with Crippen LogP contribution in [0.3, 0.4) is 0 Å². The number of carbonyl (C=O) groups is 1. The zero-order chi connectivity index (χ0) is 8.97. The Morgan fingerprint density at radius 2 is 2.58 bits per heavy atom. The Bertz CT molecular complexity index is 324. The number of hydrogen-bond acceptors (Lipinski definition) is 3. The minimum Gasteiger partial charge on any atom is -0.449 e. The zero-order valence-corrected chi connectivity index (χ0v) is 7.61. The highest BCUT2D eigenvalue weighted by atomic mass is 35.5. The van der Waals surface area contributed by atoms with Gasteiger partial charge in [0.1, 0.15) is 0 Å². The lowest BCUT2D eigenvalue weighted by atomic mass is 10.3. The fourth-order valence-corrected chi connectivity index (χ4v) is 1.46. The van der Waals surface area contributed by atoms with Crippen molar-refractivity contribution >= 4 is 28.9 Å². The summed E-state index contributed by atoms with van der Waals surface area (Å²) in [6.45, 7) is -0.00764. The maximum absolute atomic E-state index is 11.0. The molecule has 0 fully saturated rings. The van der Waals surface area contributed by atoms with Gasteiger partial charge in [0, 0.05) is 5.38 Å². The predicted molar refractivity (Wildman–Crippen MR) is 48.4 cm³/mol. The summed E-state index contributed by atoms with van der Waals surface area (Å²) in [6.07, 6.45) is 4.91. The number of thiophene rings is 1. The molecule has 0 spiro atoms. The first-order valence-electron chi connectivity index (χ1n) is 3.08. The van der Waals surface area contributed by atoms with E-state index < -0.39 is 5.97 Å². The number of rotatable bonds is 2. The van der Waals surface area contributed by atoms with Gasteiger partial charge in [0.15, 0.2) is 6.61 Å². The fraction of sp³-hybridized carbons (Fsp3) is 0.125. The second-order valence-corrected chi connectivity index (χ2v) is 3.46. The van der Waals surface area contributed by atoms with Crippen LogP contribution in [-0.2, 0) is 4.74 Å². The van der Waals surface area contributed by atoms with Gasteiger partial charge in [-0.1, -0.05) is 17.5 Å². The van der Waals surface area contributed by atoms with Crippen LogP contribution in [0.15, 0.2) is 11.4 Å². The molecule has 0 saturated carbocycles. The van der Waals surface area contributed by atoms with E-state index in [1.807, 2.05) is 0 Å². The molecule has 0 saturated heterocycles. The van der Waals surface area contributed by atoms with Crippen molar-refractivity contribution in [2.24, 2.45) is 0 Å². The third kappa shape index (κ3) is 2.26. The summed E-state index contributed by atoms with van der Waals surface area (Å²) in [5.41, 5.74) is 0.445. The van der Waals surface area contributed by atoms with E-state index in [1.165, 1.54) is 11.3 Å². The van der Waals surface area contributed by atoms with E-state index in [0.29, 0.717) is 9.90 Å². The van der Waals surface area contributed by atoms with Crippen LogP contribution < -0.4 is 0 Å². The molecule has 0 aliphatic heterocycles. The smallest absolute Gasteiger partial charge is 0.339 e. The van der Waals surface area contributed by atoms with Gasteiger partial charge in [0.05, 0.1) is 9.90 Å². The average molecular weight is 201 g/mol. The molecule has 0 unspecified atom stereocenters. The van der Waals surface area contributed by atoms with E-state index in [9.17, 15) is 4.79 Å². The third-order valence-electron chi connectivity index (χ3n) is 1.09. The molecule has 0 aliphatic carbocycles. The number of hydrogen-bond donors (Lipinski definition) is 0. The lowest BCUT2D eigenvalue weighted by Gasteiger charge is -1.95. The van der Waals surface area contributed by atoms with Crippen molar-refractivity contribution < 1.29 is 9.53 Å². The van der Waals surface area contributed by atoms with Gasteiger partial charge >= 0.3 is 5.97 Å². The lowest BCUT2D eigenvalue weighted by Crippen LogP contribution is -2.03. The summed E-state index contributed by atoms with van der Waals surface area (Å²) in [5, 5.41) is 1.63. The van der Waals surface area contributed by atoms with Crippen LogP contribution in [-0.4, -0.2) is 12.6 Å². The number of carbonyl (C=O) groups excluding carboxylic acids is 1. The van der Waals surface area contributed by atoms with Gasteiger partial charge in [0.25, 0.3) is 0 Å². The van der Waals surface area contributed by atoms with E-state index in [0.717, 1.165) is 0 Å². The van der Waals surface area contributed by atoms with Crippen molar-refractivity contribution in [1.29, 1.82) is 0 Å². The van der Waals surface area contributed by atoms with E-state index in [1.54, 1.807) is 11.4 Å². The number of terminal acetylenes is 1. The molecule has 1 heterocycles. The molecule has 0 atom stereocenters. The second kappa shape index (κ2) is 4.15. The van der Waals surface area contributed by atoms with Crippen molar-refractivity contribution in [3.8, 4) is 12.3 Å². The first kappa shape index (κ1) is 9.11. The van der Waals surface area contributed by atoms with Crippen molar-refractivity contribution in [3.63, 3.8) is 0 Å². The Morgan fingerprint density at radius 3 is 3.08 bits per heavy atom. The summed E-state index contributed by atoms with van der Waals surface area (Å²) >= 11 is 6.89. The Labute approximate surface area is 79.1 Å². The molecule has 2 nitrogen and oxygen atoms in total. The van der Waals surface area contributed by atoms with Crippen molar-refractivity contribution in [2.75, 3.05) is 6.61 Å². The summed E-state index contributed by atoms with van der Waals surface area (Å²) < 4.78 is 5.22. The van der Waals surface area contributed by atoms with E-state index in [2.05, 4.69) is 10.7 Å². The number of ether oxygens (including phenoxy) is 1. The molecule has 0 aliphatic rings. The van der Waals surface area contributed by atoms with Crippen LogP contribution in [0, 0.1) is 12.3 Å². The lowest BCUT2D eigenvalue weighted by molar-refractivity contribution is 0.0557. The molecule has 0 radical (unpaired) electrons. The summed E-state index contributed by atoms with van der Waals surface area (Å²) in [7, 11) is 0. The van der Waals surface area contributed by atoms with Crippen LogP contribution in [0.1, 0.15) is 10.4 Å². The van der Waals surface area contributed by atoms with Crippen LogP contribution in [0.2, 0.25) is 4.34 Å². The van der Waals surface area contributed by atoms with Gasteiger partial charge in [-0.05, 0) is 6.07 Å². The summed E-state index contributed by atoms with van der Waals surface area (Å²) in [6, 6.07) is 1.55. The van der Waals surface area contributed by atoms with Gasteiger partial charge in [-0.3, -0.25) is 0 Å². The molecule has 0 amide bonds. The molecule has 0 aromatic carbocycles. The third-order valence-corrected chi connectivity index (χ3v) is 2.18. The van der Waals surface area contributed by atoms with Gasteiger partial charge in [-0.25, -0.2) is 4.79 Å². The van der Waals surface area contributed by atoms with Crippen molar-refractivity contribution in [3.05, 3.63) is 21.3 Å². The summed E-state index contributed by atoms with van der Waals surface area (Å²) in [5.74, 6) is 1.77. The van der Waals surface area contributed by atoms with E-state index in [-0.39, 0.29) is 6.61 Å². The maximum atomic E-state index is 11.0. The van der Waals surface area contributed by atoms with Crippen LogP contribution in [0.25, 0.3) is 0 Å². The van der Waals surface area contributed by atoms with Crippen LogP contribution in [0.5, 0.6) is 0 Å². The van der Waals surface area contributed by atoms with Crippen LogP contribution in [0.4, 0.5) is 0 Å². The Morgan fingerprint density at radius 1 is 1.83 bits per heavy atom. The molecular weight excluding hydrogens is 196 g/mol. The SMILES string of the molecule is C#CCOC(=O)c1csc(Cl)c1. The molecular formula is C8H5ClO2S. The standard InChI is InChI=1S/C8H5ClO2S/c1-2-3-11-8(10)6-4-7(9)12-5-6/h1,4-5H,3H2. The second-order valence-electron chi connectivity index (χ2n) is 1.92. The highest BCUT2D eigenvalue weighted by molar-refractivity contribution is 7.14. The Hall–Kier alpha value is -0.980. The minimum absolute atomic E-state index is 0.00764. The molecule has 12 heavy (non-hydrogen) atoms. The molecule has 62 valence electrons. The highest BCUT2D eigenvalue weighted by Crippen LogP contribution is 2.20. The van der Waals surface area contributed by atoms with E-state index in [4.69, 9.17) is 18.0 Å². The Balaban J connectivity index is 2.61. The normalized spacial score (nSPS) is 9.00. The number of esters is 1. The first-order chi connectivity index (χ1) is 5.74. The topological polar surface area (TPSA) is 26.3 Å². The quantitative estimate of drug-likeness (QED) is 0.541. The zero-order valence-electron chi connectivity index (χ0n) is 6.04. The fourth-order valence-electron chi connectivity index (χ4n) is 0.608.